The maximum atomic E-state index is 12.7. The molecular formula is C57H92O6. The molecule has 356 valence electrons. The lowest BCUT2D eigenvalue weighted by Gasteiger charge is -2.18. The Balaban J connectivity index is 4.52. The van der Waals surface area contributed by atoms with E-state index in [1.807, 2.05) is 12.2 Å². The molecule has 0 amide bonds. The van der Waals surface area contributed by atoms with Gasteiger partial charge >= 0.3 is 17.9 Å². The van der Waals surface area contributed by atoms with Gasteiger partial charge in [0.1, 0.15) is 13.2 Å². The molecule has 0 heterocycles. The molecule has 0 aromatic rings. The van der Waals surface area contributed by atoms with E-state index < -0.39 is 6.10 Å². The number of carbonyl (C=O) groups is 3. The van der Waals surface area contributed by atoms with E-state index in [-0.39, 0.29) is 37.5 Å². The molecule has 0 spiro atoms. The van der Waals surface area contributed by atoms with E-state index in [1.54, 1.807) is 0 Å². The SMILES string of the molecule is CC/C=C\C/C=C\C/C=C\C/C=C\C/C=C\C/C=C\CCC(=O)OC[C@H](COC(=O)CCCCCCC/C=C\C/C=C\CCCCC)OC(=O)CCCCCCC/C=C\CCCC. The second kappa shape index (κ2) is 50.7. The van der Waals surface area contributed by atoms with Crippen LogP contribution in [-0.4, -0.2) is 37.2 Å². The van der Waals surface area contributed by atoms with Gasteiger partial charge in [-0.15, -0.1) is 0 Å². The minimum atomic E-state index is -0.819. The van der Waals surface area contributed by atoms with Gasteiger partial charge in [-0.1, -0.05) is 194 Å². The Morgan fingerprint density at radius 1 is 0.333 bits per heavy atom. The van der Waals surface area contributed by atoms with Gasteiger partial charge in [0.2, 0.25) is 0 Å². The fourth-order valence-corrected chi connectivity index (χ4v) is 6.42. The van der Waals surface area contributed by atoms with E-state index in [0.29, 0.717) is 19.3 Å². The molecule has 0 aliphatic rings. The zero-order valence-corrected chi connectivity index (χ0v) is 40.5. The summed E-state index contributed by atoms with van der Waals surface area (Å²) in [6.07, 6.45) is 67.9. The highest BCUT2D eigenvalue weighted by Crippen LogP contribution is 2.12. The summed E-state index contributed by atoms with van der Waals surface area (Å²) in [6, 6.07) is 0. The number of esters is 3. The highest BCUT2D eigenvalue weighted by molar-refractivity contribution is 5.71. The Morgan fingerprint density at radius 2 is 0.667 bits per heavy atom. The Morgan fingerprint density at radius 3 is 1.13 bits per heavy atom. The smallest absolute Gasteiger partial charge is 0.306 e. The average molecular weight is 873 g/mol. The van der Waals surface area contributed by atoms with Gasteiger partial charge in [-0.2, -0.15) is 0 Å². The summed E-state index contributed by atoms with van der Waals surface area (Å²) in [5.74, 6) is -1.03. The van der Waals surface area contributed by atoms with E-state index >= 15 is 0 Å². The normalized spacial score (nSPS) is 13.0. The van der Waals surface area contributed by atoms with Crippen LogP contribution in [0.2, 0.25) is 0 Å². The first-order valence-electron chi connectivity index (χ1n) is 25.4. The fourth-order valence-electron chi connectivity index (χ4n) is 6.42. The lowest BCUT2D eigenvalue weighted by atomic mass is 10.1. The lowest BCUT2D eigenvalue weighted by Crippen LogP contribution is -2.30. The van der Waals surface area contributed by atoms with E-state index in [0.717, 1.165) is 116 Å². The highest BCUT2D eigenvalue weighted by Gasteiger charge is 2.19. The first-order chi connectivity index (χ1) is 31.0. The van der Waals surface area contributed by atoms with Crippen LogP contribution < -0.4 is 0 Å². The van der Waals surface area contributed by atoms with Gasteiger partial charge < -0.3 is 14.2 Å². The third kappa shape index (κ3) is 49.0. The van der Waals surface area contributed by atoms with Crippen molar-refractivity contribution < 1.29 is 28.6 Å². The van der Waals surface area contributed by atoms with Crippen LogP contribution in [0.25, 0.3) is 0 Å². The van der Waals surface area contributed by atoms with Gasteiger partial charge in [0, 0.05) is 19.3 Å². The summed E-state index contributed by atoms with van der Waals surface area (Å²) in [6.45, 7) is 6.35. The first-order valence-corrected chi connectivity index (χ1v) is 25.4. The Bertz CT molecular complexity index is 1330. The van der Waals surface area contributed by atoms with Crippen molar-refractivity contribution in [2.45, 2.75) is 219 Å². The van der Waals surface area contributed by atoms with Crippen molar-refractivity contribution >= 4 is 17.9 Å². The van der Waals surface area contributed by atoms with Crippen molar-refractivity contribution in [2.75, 3.05) is 13.2 Å². The summed E-state index contributed by atoms with van der Waals surface area (Å²) in [7, 11) is 0. The summed E-state index contributed by atoms with van der Waals surface area (Å²) in [5, 5.41) is 0. The molecule has 0 aliphatic heterocycles. The highest BCUT2D eigenvalue weighted by atomic mass is 16.6. The number of unbranched alkanes of at least 4 members (excludes halogenated alkanes) is 15. The molecule has 6 heteroatoms. The molecule has 0 aliphatic carbocycles. The van der Waals surface area contributed by atoms with E-state index in [4.69, 9.17) is 14.2 Å². The maximum absolute atomic E-state index is 12.7. The molecule has 0 aromatic heterocycles. The maximum Gasteiger partial charge on any atom is 0.306 e. The predicted molar refractivity (Wildman–Crippen MR) is 270 cm³/mol. The van der Waals surface area contributed by atoms with Crippen LogP contribution in [0.1, 0.15) is 213 Å². The molecule has 0 saturated carbocycles. The third-order valence-corrected chi connectivity index (χ3v) is 10.2. The third-order valence-electron chi connectivity index (χ3n) is 10.2. The molecule has 63 heavy (non-hydrogen) atoms. The van der Waals surface area contributed by atoms with Crippen LogP contribution in [-0.2, 0) is 28.6 Å². The number of ether oxygens (including phenoxy) is 3. The summed E-state index contributed by atoms with van der Waals surface area (Å²) < 4.78 is 16.7. The standard InChI is InChI=1S/C57H92O6/c1-4-7-10-13-16-19-22-24-26-27-28-29-31-33-36-38-41-44-47-50-56(59)62-53-54(63-57(60)51-48-45-42-39-34-21-18-15-12-9-6-3)52-61-55(58)49-46-43-40-37-35-32-30-25-23-20-17-14-11-8-5-2/h7,10,15-20,24-26,28-30,33,36,41,44,54H,4-6,8-9,11-14,21-23,27,31-32,34-35,37-40,42-43,45-53H2,1-3H3/b10-7-,18-15-,19-16-,20-17-,26-24-,29-28-,30-25-,36-33-,44-41-/t54-/m0/s1. The molecule has 0 radical (unpaired) electrons. The average Bonchev–Trinajstić information content (AvgIpc) is 3.28. The zero-order chi connectivity index (χ0) is 45.8. The second-order valence-corrected chi connectivity index (χ2v) is 16.3. The predicted octanol–water partition coefficient (Wildman–Crippen LogP) is 16.8. The molecule has 6 nitrogen and oxygen atoms in total. The Hall–Kier alpha value is -3.93. The van der Waals surface area contributed by atoms with Crippen LogP contribution in [0.4, 0.5) is 0 Å². The molecule has 0 aromatic carbocycles. The van der Waals surface area contributed by atoms with Gasteiger partial charge in [-0.25, -0.2) is 0 Å². The Labute approximate surface area is 387 Å². The summed E-state index contributed by atoms with van der Waals surface area (Å²) in [5.41, 5.74) is 0. The summed E-state index contributed by atoms with van der Waals surface area (Å²) >= 11 is 0. The van der Waals surface area contributed by atoms with Crippen molar-refractivity contribution in [3.8, 4) is 0 Å². The minimum Gasteiger partial charge on any atom is -0.462 e. The Kier molecular flexibility index (Phi) is 47.5. The molecule has 0 saturated heterocycles. The number of hydrogen-bond acceptors (Lipinski definition) is 6. The molecule has 0 N–H and O–H groups in total. The minimum absolute atomic E-state index is 0.114. The van der Waals surface area contributed by atoms with E-state index in [1.165, 1.54) is 51.4 Å². The molecule has 1 atom stereocenters. The lowest BCUT2D eigenvalue weighted by molar-refractivity contribution is -0.166. The first kappa shape index (κ1) is 59.1. The molecule has 0 unspecified atom stereocenters. The van der Waals surface area contributed by atoms with Crippen LogP contribution in [0, 0.1) is 0 Å². The van der Waals surface area contributed by atoms with E-state index in [9.17, 15) is 14.4 Å². The van der Waals surface area contributed by atoms with Gasteiger partial charge in [0.05, 0.1) is 0 Å². The molecule has 0 fully saturated rings. The van der Waals surface area contributed by atoms with Gasteiger partial charge in [0.25, 0.3) is 0 Å². The second-order valence-electron chi connectivity index (χ2n) is 16.3. The van der Waals surface area contributed by atoms with Crippen LogP contribution in [0.5, 0.6) is 0 Å². The van der Waals surface area contributed by atoms with Crippen molar-refractivity contribution in [1.82, 2.24) is 0 Å². The van der Waals surface area contributed by atoms with Crippen LogP contribution in [0.15, 0.2) is 109 Å². The van der Waals surface area contributed by atoms with Crippen molar-refractivity contribution in [3.63, 3.8) is 0 Å². The van der Waals surface area contributed by atoms with Crippen LogP contribution >= 0.6 is 0 Å². The van der Waals surface area contributed by atoms with Crippen molar-refractivity contribution in [1.29, 1.82) is 0 Å². The van der Waals surface area contributed by atoms with E-state index in [2.05, 4.69) is 118 Å². The van der Waals surface area contributed by atoms with Gasteiger partial charge in [-0.3, -0.25) is 14.4 Å². The number of carbonyl (C=O) groups excluding carboxylic acids is 3. The number of rotatable bonds is 44. The molecule has 0 rings (SSSR count). The molecular weight excluding hydrogens is 781 g/mol. The van der Waals surface area contributed by atoms with Crippen LogP contribution in [0.3, 0.4) is 0 Å². The number of hydrogen-bond donors (Lipinski definition) is 0. The largest absolute Gasteiger partial charge is 0.462 e. The molecule has 0 bridgehead atoms. The van der Waals surface area contributed by atoms with Gasteiger partial charge in [-0.05, 0) is 109 Å². The quantitative estimate of drug-likeness (QED) is 0.0263. The van der Waals surface area contributed by atoms with Crippen molar-refractivity contribution in [2.24, 2.45) is 0 Å². The monoisotopic (exact) mass is 873 g/mol. The van der Waals surface area contributed by atoms with Gasteiger partial charge in [0.15, 0.2) is 6.10 Å². The topological polar surface area (TPSA) is 78.9 Å². The fraction of sp³-hybridized carbons (Fsp3) is 0.632. The zero-order valence-electron chi connectivity index (χ0n) is 40.5. The summed E-state index contributed by atoms with van der Waals surface area (Å²) in [4.78, 5) is 37.9. The van der Waals surface area contributed by atoms with Crippen molar-refractivity contribution in [3.05, 3.63) is 109 Å². The number of allylic oxidation sites excluding steroid dienone is 18.